The third kappa shape index (κ3) is 2.20. The molecule has 1 heterocycles. The molecule has 0 N–H and O–H groups in total. The summed E-state index contributed by atoms with van der Waals surface area (Å²) in [6.45, 7) is 1.94. The number of hydrogen-bond acceptors (Lipinski definition) is 3. The Morgan fingerprint density at radius 3 is 2.76 bits per heavy atom. The lowest BCUT2D eigenvalue weighted by atomic mass is 10.0. The fourth-order valence-electron chi connectivity index (χ4n) is 1.67. The van der Waals surface area contributed by atoms with Crippen LogP contribution >= 0.6 is 0 Å². The first-order chi connectivity index (χ1) is 8.11. The molecule has 2 rings (SSSR count). The van der Waals surface area contributed by atoms with Crippen molar-refractivity contribution in [2.75, 3.05) is 7.11 Å². The van der Waals surface area contributed by atoms with Crippen LogP contribution in [0.3, 0.4) is 0 Å². The van der Waals surface area contributed by atoms with Crippen LogP contribution in [0.2, 0.25) is 0 Å². The van der Waals surface area contributed by atoms with E-state index in [1.54, 1.807) is 30.3 Å². The van der Waals surface area contributed by atoms with E-state index in [1.165, 1.54) is 0 Å². The van der Waals surface area contributed by atoms with Gasteiger partial charge in [-0.1, -0.05) is 11.6 Å². The second-order valence-electron chi connectivity index (χ2n) is 3.96. The zero-order chi connectivity index (χ0) is 12.4. The van der Waals surface area contributed by atoms with Gasteiger partial charge < -0.3 is 9.30 Å². The molecule has 2 aromatic rings. The first-order valence-corrected chi connectivity index (χ1v) is 5.29. The number of aromatic nitrogens is 2. The Morgan fingerprint density at radius 2 is 2.18 bits per heavy atom. The van der Waals surface area contributed by atoms with Crippen LogP contribution in [-0.4, -0.2) is 22.4 Å². The molecule has 0 radical (unpaired) electrons. The maximum absolute atomic E-state index is 12.2. The summed E-state index contributed by atoms with van der Waals surface area (Å²) in [5, 5.41) is 0. The molecule has 0 unspecified atom stereocenters. The quantitative estimate of drug-likeness (QED) is 0.757. The number of nitrogens with zero attached hydrogens (tertiary/aromatic N) is 2. The molecule has 4 nitrogen and oxygen atoms in total. The molecule has 0 aliphatic heterocycles. The van der Waals surface area contributed by atoms with Crippen molar-refractivity contribution < 1.29 is 9.53 Å². The van der Waals surface area contributed by atoms with Gasteiger partial charge in [-0.2, -0.15) is 0 Å². The number of imidazole rings is 1. The lowest BCUT2D eigenvalue weighted by molar-refractivity contribution is 0.103. The molecule has 1 aromatic carbocycles. The van der Waals surface area contributed by atoms with Crippen molar-refractivity contribution in [2.45, 2.75) is 6.92 Å². The van der Waals surface area contributed by atoms with E-state index < -0.39 is 0 Å². The Balaban J connectivity index is 2.46. The van der Waals surface area contributed by atoms with Gasteiger partial charge in [0.25, 0.3) is 0 Å². The highest BCUT2D eigenvalue weighted by Crippen LogP contribution is 2.22. The highest BCUT2D eigenvalue weighted by atomic mass is 16.5. The Kier molecular flexibility index (Phi) is 2.95. The zero-order valence-electron chi connectivity index (χ0n) is 10.1. The molecule has 0 aliphatic rings. The zero-order valence-corrected chi connectivity index (χ0v) is 10.1. The lowest BCUT2D eigenvalue weighted by Crippen LogP contribution is -2.04. The van der Waals surface area contributed by atoms with Crippen molar-refractivity contribution >= 4 is 5.78 Å². The molecule has 0 bridgehead atoms. The van der Waals surface area contributed by atoms with Crippen molar-refractivity contribution in [3.63, 3.8) is 0 Å². The SMILES string of the molecule is COc1ccc(C)cc1C(=O)c1cn(C)cn1. The van der Waals surface area contributed by atoms with Gasteiger partial charge in [0.1, 0.15) is 11.4 Å². The third-order valence-corrected chi connectivity index (χ3v) is 2.54. The summed E-state index contributed by atoms with van der Waals surface area (Å²) in [5.41, 5.74) is 1.99. The first kappa shape index (κ1) is 11.4. The molecule has 0 amide bonds. The number of carbonyl (C=O) groups excluding carboxylic acids is 1. The van der Waals surface area contributed by atoms with E-state index in [2.05, 4.69) is 4.98 Å². The first-order valence-electron chi connectivity index (χ1n) is 5.29. The van der Waals surface area contributed by atoms with Gasteiger partial charge in [0.2, 0.25) is 5.78 Å². The van der Waals surface area contributed by atoms with Crippen molar-refractivity contribution in [3.8, 4) is 5.75 Å². The monoisotopic (exact) mass is 230 g/mol. The summed E-state index contributed by atoms with van der Waals surface area (Å²) >= 11 is 0. The predicted octanol–water partition coefficient (Wildman–Crippen LogP) is 1.97. The summed E-state index contributed by atoms with van der Waals surface area (Å²) in [5.74, 6) is 0.456. The summed E-state index contributed by atoms with van der Waals surface area (Å²) in [4.78, 5) is 16.3. The molecular formula is C13H14N2O2. The Hall–Kier alpha value is -2.10. The van der Waals surface area contributed by atoms with Crippen LogP contribution in [-0.2, 0) is 7.05 Å². The summed E-state index contributed by atoms with van der Waals surface area (Å²) in [6, 6.07) is 5.52. The predicted molar refractivity (Wildman–Crippen MR) is 64.4 cm³/mol. The van der Waals surface area contributed by atoms with E-state index in [9.17, 15) is 4.79 Å². The molecule has 17 heavy (non-hydrogen) atoms. The largest absolute Gasteiger partial charge is 0.496 e. The standard InChI is InChI=1S/C13H14N2O2/c1-9-4-5-12(17-3)10(6-9)13(16)11-7-15(2)8-14-11/h4-8H,1-3H3. The normalized spacial score (nSPS) is 10.3. The van der Waals surface area contributed by atoms with Crippen LogP contribution in [0.1, 0.15) is 21.6 Å². The van der Waals surface area contributed by atoms with Crippen molar-refractivity contribution in [3.05, 3.63) is 47.5 Å². The molecular weight excluding hydrogens is 216 g/mol. The van der Waals surface area contributed by atoms with Crippen LogP contribution in [0.4, 0.5) is 0 Å². The molecule has 0 spiro atoms. The van der Waals surface area contributed by atoms with Crippen LogP contribution in [0, 0.1) is 6.92 Å². The average molecular weight is 230 g/mol. The minimum absolute atomic E-state index is 0.119. The minimum atomic E-state index is -0.119. The maximum Gasteiger partial charge on any atom is 0.216 e. The molecule has 0 saturated carbocycles. The minimum Gasteiger partial charge on any atom is -0.496 e. The van der Waals surface area contributed by atoms with Gasteiger partial charge in [-0.05, 0) is 19.1 Å². The number of rotatable bonds is 3. The number of methoxy groups -OCH3 is 1. The van der Waals surface area contributed by atoms with Crippen molar-refractivity contribution in [1.29, 1.82) is 0 Å². The van der Waals surface area contributed by atoms with Gasteiger partial charge in [0.05, 0.1) is 19.0 Å². The summed E-state index contributed by atoms with van der Waals surface area (Å²) in [6.07, 6.45) is 3.31. The van der Waals surface area contributed by atoms with Gasteiger partial charge in [-0.15, -0.1) is 0 Å². The van der Waals surface area contributed by atoms with Crippen LogP contribution in [0.5, 0.6) is 5.75 Å². The molecule has 1 aromatic heterocycles. The number of ether oxygens (including phenoxy) is 1. The van der Waals surface area contributed by atoms with Gasteiger partial charge in [0, 0.05) is 13.2 Å². The highest BCUT2D eigenvalue weighted by molar-refractivity contribution is 6.09. The van der Waals surface area contributed by atoms with Crippen LogP contribution in [0.25, 0.3) is 0 Å². The van der Waals surface area contributed by atoms with Gasteiger partial charge >= 0.3 is 0 Å². The summed E-state index contributed by atoms with van der Waals surface area (Å²) in [7, 11) is 3.39. The number of aryl methyl sites for hydroxylation is 2. The third-order valence-electron chi connectivity index (χ3n) is 2.54. The summed E-state index contributed by atoms with van der Waals surface area (Å²) < 4.78 is 6.94. The van der Waals surface area contributed by atoms with E-state index in [1.807, 2.05) is 26.1 Å². The van der Waals surface area contributed by atoms with E-state index >= 15 is 0 Å². The van der Waals surface area contributed by atoms with E-state index in [-0.39, 0.29) is 5.78 Å². The molecule has 88 valence electrons. The van der Waals surface area contributed by atoms with Gasteiger partial charge in [-0.25, -0.2) is 4.98 Å². The second kappa shape index (κ2) is 4.41. The highest BCUT2D eigenvalue weighted by Gasteiger charge is 2.16. The smallest absolute Gasteiger partial charge is 0.216 e. The van der Waals surface area contributed by atoms with E-state index in [0.717, 1.165) is 5.56 Å². The topological polar surface area (TPSA) is 44.1 Å². The van der Waals surface area contributed by atoms with E-state index in [4.69, 9.17) is 4.74 Å². The van der Waals surface area contributed by atoms with Crippen molar-refractivity contribution in [2.24, 2.45) is 7.05 Å². The van der Waals surface area contributed by atoms with Crippen LogP contribution in [0.15, 0.2) is 30.7 Å². The maximum atomic E-state index is 12.2. The Labute approximate surface area is 99.9 Å². The van der Waals surface area contributed by atoms with Gasteiger partial charge in [-0.3, -0.25) is 4.79 Å². The second-order valence-corrected chi connectivity index (χ2v) is 3.96. The fourth-order valence-corrected chi connectivity index (χ4v) is 1.67. The Morgan fingerprint density at radius 1 is 1.41 bits per heavy atom. The lowest BCUT2D eigenvalue weighted by Gasteiger charge is -2.07. The number of ketones is 1. The Bertz CT molecular complexity index is 558. The average Bonchev–Trinajstić information content (AvgIpc) is 2.75. The number of hydrogen-bond donors (Lipinski definition) is 0. The van der Waals surface area contributed by atoms with Crippen molar-refractivity contribution in [1.82, 2.24) is 9.55 Å². The molecule has 0 fully saturated rings. The molecule has 0 atom stereocenters. The fraction of sp³-hybridized carbons (Fsp3) is 0.231. The molecule has 0 aliphatic carbocycles. The van der Waals surface area contributed by atoms with Crippen LogP contribution < -0.4 is 4.74 Å². The molecule has 4 heteroatoms. The van der Waals surface area contributed by atoms with Gasteiger partial charge in [0.15, 0.2) is 0 Å². The molecule has 0 saturated heterocycles. The number of carbonyl (C=O) groups is 1. The number of benzene rings is 1. The van der Waals surface area contributed by atoms with E-state index in [0.29, 0.717) is 17.0 Å².